The third kappa shape index (κ3) is 5.32. The van der Waals surface area contributed by atoms with E-state index in [1.54, 1.807) is 0 Å². The standard InChI is InChI=1S/C25H30O14/c1-34-15-7-11(3-4-14(15)27)21(31)36-9-12-5-6-25(33)13(22(32)35-2)10-37-23(17(12)25)39-24-20(30)19(29)18(28)16(8-26)38-24/h3-5,7,10,16-20,23-24,26-30,33H,6,8-9H2,1-2H3/t16-,17+,18-,19+,20-,23+,24+,25+/m1/s1. The molecule has 1 aromatic rings. The number of esters is 2. The van der Waals surface area contributed by atoms with Crippen molar-refractivity contribution in [2.75, 3.05) is 27.4 Å². The van der Waals surface area contributed by atoms with Crippen LogP contribution in [0.5, 0.6) is 11.5 Å². The minimum absolute atomic E-state index is 0.0560. The number of benzene rings is 1. The lowest BCUT2D eigenvalue weighted by atomic mass is 9.79. The van der Waals surface area contributed by atoms with Gasteiger partial charge in [0.15, 0.2) is 17.8 Å². The van der Waals surface area contributed by atoms with Gasteiger partial charge in [-0.2, -0.15) is 0 Å². The Kier molecular flexibility index (Phi) is 8.46. The van der Waals surface area contributed by atoms with E-state index in [9.17, 15) is 40.2 Å². The second kappa shape index (κ2) is 11.5. The second-order valence-electron chi connectivity index (χ2n) is 9.21. The van der Waals surface area contributed by atoms with Gasteiger partial charge in [0, 0.05) is 0 Å². The molecule has 1 fully saturated rings. The molecule has 0 aromatic heterocycles. The summed E-state index contributed by atoms with van der Waals surface area (Å²) in [5, 5.41) is 61.4. The fourth-order valence-corrected chi connectivity index (χ4v) is 4.78. The molecule has 2 heterocycles. The highest BCUT2D eigenvalue weighted by Crippen LogP contribution is 2.47. The zero-order chi connectivity index (χ0) is 28.5. The molecule has 1 aliphatic carbocycles. The van der Waals surface area contributed by atoms with Gasteiger partial charge in [0.05, 0.1) is 38.6 Å². The van der Waals surface area contributed by atoms with Crippen LogP contribution in [0.4, 0.5) is 0 Å². The van der Waals surface area contributed by atoms with E-state index >= 15 is 0 Å². The molecule has 214 valence electrons. The summed E-state index contributed by atoms with van der Waals surface area (Å²) < 4.78 is 31.9. The number of aromatic hydroxyl groups is 1. The Morgan fingerprint density at radius 1 is 1.08 bits per heavy atom. The van der Waals surface area contributed by atoms with Crippen LogP contribution in [-0.2, 0) is 28.5 Å². The molecule has 0 amide bonds. The van der Waals surface area contributed by atoms with E-state index in [-0.39, 0.29) is 35.7 Å². The molecule has 2 aliphatic heterocycles. The first-order valence-electron chi connectivity index (χ1n) is 11.9. The first-order chi connectivity index (χ1) is 18.5. The number of aliphatic hydroxyl groups is 5. The Labute approximate surface area is 222 Å². The van der Waals surface area contributed by atoms with Crippen molar-refractivity contribution in [3.63, 3.8) is 0 Å². The van der Waals surface area contributed by atoms with Gasteiger partial charge < -0.3 is 59.1 Å². The van der Waals surface area contributed by atoms with Crippen LogP contribution in [0.15, 0.2) is 41.7 Å². The highest BCUT2D eigenvalue weighted by Gasteiger charge is 2.57. The van der Waals surface area contributed by atoms with Crippen LogP contribution in [-0.4, -0.2) is 113 Å². The third-order valence-corrected chi connectivity index (χ3v) is 6.96. The number of phenolic OH excluding ortho intramolecular Hbond substituents is 1. The number of carbonyl (C=O) groups excluding carboxylic acids is 2. The van der Waals surface area contributed by atoms with Crippen LogP contribution in [0.3, 0.4) is 0 Å². The maximum absolute atomic E-state index is 12.7. The van der Waals surface area contributed by atoms with E-state index in [0.29, 0.717) is 5.57 Å². The molecule has 3 aliphatic rings. The van der Waals surface area contributed by atoms with Crippen molar-refractivity contribution in [3.05, 3.63) is 47.2 Å². The van der Waals surface area contributed by atoms with Gasteiger partial charge in [-0.15, -0.1) is 0 Å². The normalized spacial score (nSPS) is 33.8. The second-order valence-corrected chi connectivity index (χ2v) is 9.21. The highest BCUT2D eigenvalue weighted by molar-refractivity contribution is 5.91. The molecular formula is C25H30O14. The highest BCUT2D eigenvalue weighted by atomic mass is 16.8. The Hall–Kier alpha value is -3.24. The number of hydrogen-bond acceptors (Lipinski definition) is 14. The van der Waals surface area contributed by atoms with Crippen molar-refractivity contribution in [2.45, 2.75) is 49.0 Å². The predicted octanol–water partition coefficient (Wildman–Crippen LogP) is -1.54. The van der Waals surface area contributed by atoms with Crippen molar-refractivity contribution < 1.29 is 68.6 Å². The first-order valence-corrected chi connectivity index (χ1v) is 11.9. The minimum Gasteiger partial charge on any atom is -0.504 e. The quantitative estimate of drug-likeness (QED) is 0.159. The zero-order valence-electron chi connectivity index (χ0n) is 21.0. The lowest BCUT2D eigenvalue weighted by Gasteiger charge is -2.44. The summed E-state index contributed by atoms with van der Waals surface area (Å²) in [4.78, 5) is 25.1. The molecule has 6 N–H and O–H groups in total. The summed E-state index contributed by atoms with van der Waals surface area (Å²) in [5.41, 5.74) is -1.79. The average Bonchev–Trinajstić information content (AvgIpc) is 3.29. The van der Waals surface area contributed by atoms with E-state index < -0.39 is 67.1 Å². The monoisotopic (exact) mass is 554 g/mol. The average molecular weight is 555 g/mol. The SMILES string of the molecule is COC(=O)C1=CO[C@@H](O[C@@H]2O[C@H](CO)[C@@H](O)[C@H](O)[C@H]2O)[C@@H]2C(COC(=O)c3ccc(O)c(OC)c3)=CC[C@]12O. The van der Waals surface area contributed by atoms with Gasteiger partial charge in [0.25, 0.3) is 0 Å². The largest absolute Gasteiger partial charge is 0.504 e. The van der Waals surface area contributed by atoms with E-state index in [2.05, 4.69) is 0 Å². The smallest absolute Gasteiger partial charge is 0.339 e. The Balaban J connectivity index is 1.56. The van der Waals surface area contributed by atoms with Crippen molar-refractivity contribution in [2.24, 2.45) is 5.92 Å². The van der Waals surface area contributed by atoms with E-state index in [4.69, 9.17) is 28.4 Å². The van der Waals surface area contributed by atoms with Crippen LogP contribution in [0.1, 0.15) is 16.8 Å². The fourth-order valence-electron chi connectivity index (χ4n) is 4.78. The minimum atomic E-state index is -1.92. The van der Waals surface area contributed by atoms with E-state index in [1.165, 1.54) is 31.4 Å². The number of fused-ring (bicyclic) bond motifs is 1. The molecule has 8 atom stereocenters. The van der Waals surface area contributed by atoms with Crippen molar-refractivity contribution in [1.82, 2.24) is 0 Å². The molecular weight excluding hydrogens is 524 g/mol. The van der Waals surface area contributed by atoms with Crippen LogP contribution in [0, 0.1) is 5.92 Å². The number of methoxy groups -OCH3 is 2. The third-order valence-electron chi connectivity index (χ3n) is 6.96. The summed E-state index contributed by atoms with van der Waals surface area (Å²) in [6, 6.07) is 3.87. The van der Waals surface area contributed by atoms with Gasteiger partial charge >= 0.3 is 11.9 Å². The van der Waals surface area contributed by atoms with Crippen LogP contribution in [0.25, 0.3) is 0 Å². The molecule has 1 saturated heterocycles. The predicted molar refractivity (Wildman–Crippen MR) is 126 cm³/mol. The molecule has 4 rings (SSSR count). The summed E-state index contributed by atoms with van der Waals surface area (Å²) in [5.74, 6) is -2.95. The van der Waals surface area contributed by atoms with Gasteiger partial charge in [-0.05, 0) is 30.2 Å². The summed E-state index contributed by atoms with van der Waals surface area (Å²) >= 11 is 0. The Morgan fingerprint density at radius 2 is 1.82 bits per heavy atom. The van der Waals surface area contributed by atoms with Gasteiger partial charge in [-0.25, -0.2) is 9.59 Å². The number of aliphatic hydroxyl groups excluding tert-OH is 4. The molecule has 0 unspecified atom stereocenters. The lowest BCUT2D eigenvalue weighted by Crippen LogP contribution is -2.61. The molecule has 14 heteroatoms. The first kappa shape index (κ1) is 28.8. The summed E-state index contributed by atoms with van der Waals surface area (Å²) in [6.45, 7) is -1.07. The number of rotatable bonds is 8. The van der Waals surface area contributed by atoms with Gasteiger partial charge in [0.1, 0.15) is 42.2 Å². The Morgan fingerprint density at radius 3 is 2.49 bits per heavy atom. The van der Waals surface area contributed by atoms with Crippen LogP contribution in [0.2, 0.25) is 0 Å². The van der Waals surface area contributed by atoms with E-state index in [1.807, 2.05) is 0 Å². The maximum atomic E-state index is 12.7. The number of ether oxygens (including phenoxy) is 6. The van der Waals surface area contributed by atoms with E-state index in [0.717, 1.165) is 13.4 Å². The van der Waals surface area contributed by atoms with Gasteiger partial charge in [0.2, 0.25) is 6.29 Å². The lowest BCUT2D eigenvalue weighted by molar-refractivity contribution is -0.343. The van der Waals surface area contributed by atoms with Crippen molar-refractivity contribution in [3.8, 4) is 11.5 Å². The van der Waals surface area contributed by atoms with Crippen LogP contribution >= 0.6 is 0 Å². The number of phenols is 1. The number of carbonyl (C=O) groups is 2. The van der Waals surface area contributed by atoms with Gasteiger partial charge in [-0.3, -0.25) is 0 Å². The Bertz CT molecular complexity index is 1150. The van der Waals surface area contributed by atoms with Crippen molar-refractivity contribution in [1.29, 1.82) is 0 Å². The molecule has 39 heavy (non-hydrogen) atoms. The topological polar surface area (TPSA) is 211 Å². The van der Waals surface area contributed by atoms with Crippen molar-refractivity contribution >= 4 is 11.9 Å². The molecule has 0 saturated carbocycles. The maximum Gasteiger partial charge on any atom is 0.339 e. The zero-order valence-corrected chi connectivity index (χ0v) is 21.0. The molecule has 0 radical (unpaired) electrons. The van der Waals surface area contributed by atoms with Crippen LogP contribution < -0.4 is 4.74 Å². The molecule has 0 bridgehead atoms. The molecule has 0 spiro atoms. The number of hydrogen-bond donors (Lipinski definition) is 6. The summed E-state index contributed by atoms with van der Waals surface area (Å²) in [6.07, 6.45) is -7.07. The summed E-state index contributed by atoms with van der Waals surface area (Å²) in [7, 11) is 2.44. The molecule has 14 nitrogen and oxygen atoms in total. The van der Waals surface area contributed by atoms with Gasteiger partial charge in [-0.1, -0.05) is 6.08 Å². The molecule has 1 aromatic carbocycles. The fraction of sp³-hybridized carbons (Fsp3) is 0.520.